The minimum Gasteiger partial charge on any atom is -0.497 e. The lowest BCUT2D eigenvalue weighted by atomic mass is 10.0. The van der Waals surface area contributed by atoms with Gasteiger partial charge in [0.1, 0.15) is 17.5 Å². The molecule has 0 aliphatic carbocycles. The molecular formula is C31H38N2O4. The van der Waals surface area contributed by atoms with Crippen molar-refractivity contribution in [3.63, 3.8) is 0 Å². The number of amides is 2. The summed E-state index contributed by atoms with van der Waals surface area (Å²) in [6.45, 7) is 5.39. The lowest BCUT2D eigenvalue weighted by Crippen LogP contribution is -2.51. The van der Waals surface area contributed by atoms with Crippen molar-refractivity contribution in [2.45, 2.75) is 45.7 Å². The molecule has 0 unspecified atom stereocenters. The van der Waals surface area contributed by atoms with E-state index in [0.717, 1.165) is 16.9 Å². The molecule has 1 N–H and O–H groups in total. The molecule has 0 aliphatic rings. The first-order valence-corrected chi connectivity index (χ1v) is 12.9. The van der Waals surface area contributed by atoms with Gasteiger partial charge in [-0.05, 0) is 47.7 Å². The molecule has 196 valence electrons. The predicted octanol–water partition coefficient (Wildman–Crippen LogP) is 5.27. The Morgan fingerprint density at radius 3 is 2.19 bits per heavy atom. The summed E-state index contributed by atoms with van der Waals surface area (Å²) < 4.78 is 11.2. The Kier molecular flexibility index (Phi) is 11.0. The number of hydrogen-bond acceptors (Lipinski definition) is 4. The molecule has 6 nitrogen and oxygen atoms in total. The zero-order valence-electron chi connectivity index (χ0n) is 22.1. The van der Waals surface area contributed by atoms with Crippen LogP contribution in [0, 0.1) is 5.92 Å². The zero-order valence-corrected chi connectivity index (χ0v) is 22.1. The molecule has 0 spiro atoms. The maximum atomic E-state index is 13.6. The fourth-order valence-electron chi connectivity index (χ4n) is 4.02. The van der Waals surface area contributed by atoms with Gasteiger partial charge in [0.25, 0.3) is 0 Å². The maximum Gasteiger partial charge on any atom is 0.243 e. The van der Waals surface area contributed by atoms with Gasteiger partial charge in [-0.15, -0.1) is 0 Å². The first-order chi connectivity index (χ1) is 18.0. The van der Waals surface area contributed by atoms with Gasteiger partial charge in [0.15, 0.2) is 0 Å². The average molecular weight is 503 g/mol. The second-order valence-electron chi connectivity index (χ2n) is 9.48. The molecule has 1 atom stereocenters. The monoisotopic (exact) mass is 502 g/mol. The van der Waals surface area contributed by atoms with Crippen LogP contribution in [0.2, 0.25) is 0 Å². The Morgan fingerprint density at radius 2 is 1.51 bits per heavy atom. The van der Waals surface area contributed by atoms with Crippen LogP contribution in [-0.4, -0.2) is 43.0 Å². The van der Waals surface area contributed by atoms with E-state index in [1.165, 1.54) is 0 Å². The summed E-state index contributed by atoms with van der Waals surface area (Å²) in [5, 5.41) is 3.05. The number of benzene rings is 3. The number of nitrogens with one attached hydrogen (secondary N) is 1. The summed E-state index contributed by atoms with van der Waals surface area (Å²) in [6, 6.07) is 26.4. The SMILES string of the molecule is COc1cccc(CN(C(=O)CCCOc2ccccc2)[C@H](Cc2ccccc2)C(=O)NCC(C)C)c1. The molecule has 3 rings (SSSR count). The van der Waals surface area contributed by atoms with Crippen molar-refractivity contribution >= 4 is 11.8 Å². The molecule has 0 saturated carbocycles. The van der Waals surface area contributed by atoms with Crippen molar-refractivity contribution < 1.29 is 19.1 Å². The predicted molar refractivity (Wildman–Crippen MR) is 146 cm³/mol. The van der Waals surface area contributed by atoms with E-state index >= 15 is 0 Å². The maximum absolute atomic E-state index is 13.6. The van der Waals surface area contributed by atoms with E-state index in [1.807, 2.05) is 84.9 Å². The Morgan fingerprint density at radius 1 is 0.865 bits per heavy atom. The molecule has 3 aromatic carbocycles. The number of para-hydroxylation sites is 1. The molecule has 0 aliphatic heterocycles. The van der Waals surface area contributed by atoms with E-state index in [0.29, 0.717) is 44.2 Å². The highest BCUT2D eigenvalue weighted by atomic mass is 16.5. The van der Waals surface area contributed by atoms with Gasteiger partial charge in [0.05, 0.1) is 13.7 Å². The molecule has 0 fully saturated rings. The second-order valence-corrected chi connectivity index (χ2v) is 9.48. The zero-order chi connectivity index (χ0) is 26.5. The van der Waals surface area contributed by atoms with Gasteiger partial charge in [-0.3, -0.25) is 9.59 Å². The molecular weight excluding hydrogens is 464 g/mol. The molecule has 0 heterocycles. The van der Waals surface area contributed by atoms with Crippen molar-refractivity contribution in [1.82, 2.24) is 10.2 Å². The number of carbonyl (C=O) groups excluding carboxylic acids is 2. The third-order valence-electron chi connectivity index (χ3n) is 5.99. The molecule has 0 radical (unpaired) electrons. The molecule has 2 amide bonds. The number of carbonyl (C=O) groups is 2. The van der Waals surface area contributed by atoms with Gasteiger partial charge in [-0.1, -0.05) is 74.5 Å². The van der Waals surface area contributed by atoms with Gasteiger partial charge < -0.3 is 19.7 Å². The van der Waals surface area contributed by atoms with Crippen molar-refractivity contribution in [2.24, 2.45) is 5.92 Å². The fraction of sp³-hybridized carbons (Fsp3) is 0.355. The van der Waals surface area contributed by atoms with Crippen LogP contribution in [0.3, 0.4) is 0 Å². The minimum absolute atomic E-state index is 0.0832. The van der Waals surface area contributed by atoms with Gasteiger partial charge in [-0.2, -0.15) is 0 Å². The van der Waals surface area contributed by atoms with Crippen LogP contribution in [0.15, 0.2) is 84.9 Å². The summed E-state index contributed by atoms with van der Waals surface area (Å²) in [6.07, 6.45) is 1.26. The van der Waals surface area contributed by atoms with Crippen LogP contribution < -0.4 is 14.8 Å². The molecule has 6 heteroatoms. The second kappa shape index (κ2) is 14.7. The molecule has 37 heavy (non-hydrogen) atoms. The number of nitrogens with zero attached hydrogens (tertiary/aromatic N) is 1. The van der Waals surface area contributed by atoms with E-state index in [4.69, 9.17) is 9.47 Å². The van der Waals surface area contributed by atoms with Crippen LogP contribution in [0.1, 0.15) is 37.8 Å². The van der Waals surface area contributed by atoms with E-state index in [-0.39, 0.29) is 18.2 Å². The topological polar surface area (TPSA) is 67.9 Å². The standard InChI is InChI=1S/C31H38N2O4/c1-24(2)22-32-31(35)29(21-25-12-6-4-7-13-25)33(23-26-14-10-17-28(20-26)36-3)30(34)18-11-19-37-27-15-8-5-9-16-27/h4-10,12-17,20,24,29H,11,18-19,21-23H2,1-3H3,(H,32,35)/t29-/m1/s1. The van der Waals surface area contributed by atoms with E-state index in [2.05, 4.69) is 19.2 Å². The van der Waals surface area contributed by atoms with E-state index < -0.39 is 6.04 Å². The molecule has 0 bridgehead atoms. The highest BCUT2D eigenvalue weighted by Crippen LogP contribution is 2.20. The number of ether oxygens (including phenoxy) is 2. The van der Waals surface area contributed by atoms with Crippen LogP contribution in [0.25, 0.3) is 0 Å². The van der Waals surface area contributed by atoms with E-state index in [1.54, 1.807) is 12.0 Å². The van der Waals surface area contributed by atoms with Crippen molar-refractivity contribution in [3.05, 3.63) is 96.1 Å². The summed E-state index contributed by atoms with van der Waals surface area (Å²) >= 11 is 0. The van der Waals surface area contributed by atoms with Gasteiger partial charge in [0.2, 0.25) is 11.8 Å². The average Bonchev–Trinajstić information content (AvgIpc) is 2.92. The largest absolute Gasteiger partial charge is 0.497 e. The number of methoxy groups -OCH3 is 1. The third kappa shape index (κ3) is 9.30. The normalized spacial score (nSPS) is 11.6. The third-order valence-corrected chi connectivity index (χ3v) is 5.99. The van der Waals surface area contributed by atoms with Gasteiger partial charge >= 0.3 is 0 Å². The van der Waals surface area contributed by atoms with Crippen LogP contribution in [0.4, 0.5) is 0 Å². The highest BCUT2D eigenvalue weighted by molar-refractivity contribution is 5.88. The number of hydrogen-bond donors (Lipinski definition) is 1. The van der Waals surface area contributed by atoms with E-state index in [9.17, 15) is 9.59 Å². The number of rotatable bonds is 14. The first-order valence-electron chi connectivity index (χ1n) is 12.9. The summed E-state index contributed by atoms with van der Waals surface area (Å²) in [5.74, 6) is 1.57. The van der Waals surface area contributed by atoms with Crippen LogP contribution >= 0.6 is 0 Å². The lowest BCUT2D eigenvalue weighted by molar-refractivity contribution is -0.141. The summed E-state index contributed by atoms with van der Waals surface area (Å²) in [5.41, 5.74) is 1.91. The lowest BCUT2D eigenvalue weighted by Gasteiger charge is -2.32. The van der Waals surface area contributed by atoms with Crippen LogP contribution in [-0.2, 0) is 22.6 Å². The first kappa shape index (κ1) is 27.8. The summed E-state index contributed by atoms with van der Waals surface area (Å²) in [4.78, 5) is 28.8. The minimum atomic E-state index is -0.644. The quantitative estimate of drug-likeness (QED) is 0.305. The summed E-state index contributed by atoms with van der Waals surface area (Å²) in [7, 11) is 1.62. The molecule has 0 aromatic heterocycles. The van der Waals surface area contributed by atoms with Crippen molar-refractivity contribution in [2.75, 3.05) is 20.3 Å². The van der Waals surface area contributed by atoms with Crippen molar-refractivity contribution in [1.29, 1.82) is 0 Å². The van der Waals surface area contributed by atoms with Gasteiger partial charge in [0, 0.05) is 25.9 Å². The molecule has 3 aromatic rings. The molecule has 0 saturated heterocycles. The van der Waals surface area contributed by atoms with Gasteiger partial charge in [-0.25, -0.2) is 0 Å². The Balaban J connectivity index is 1.81. The Hall–Kier alpha value is -3.80. The fourth-order valence-corrected chi connectivity index (χ4v) is 4.02. The van der Waals surface area contributed by atoms with Crippen molar-refractivity contribution in [3.8, 4) is 11.5 Å². The highest BCUT2D eigenvalue weighted by Gasteiger charge is 2.30. The van der Waals surface area contributed by atoms with Crippen LogP contribution in [0.5, 0.6) is 11.5 Å². The Bertz CT molecular complexity index is 1100. The smallest absolute Gasteiger partial charge is 0.243 e. The Labute approximate surface area is 220 Å².